The van der Waals surface area contributed by atoms with Crippen LogP contribution >= 0.6 is 0 Å². The van der Waals surface area contributed by atoms with Crippen LogP contribution < -0.4 is 11.2 Å². The average Bonchev–Trinajstić information content (AvgIpc) is 2.70. The maximum Gasteiger partial charge on any atom is 0.330 e. The van der Waals surface area contributed by atoms with E-state index in [-0.39, 0.29) is 0 Å². The van der Waals surface area contributed by atoms with E-state index in [0.717, 1.165) is 4.57 Å². The maximum absolute atomic E-state index is 12.4. The molecule has 4 N–H and O–H groups in total. The lowest BCUT2D eigenvalue weighted by molar-refractivity contribution is -0.198. The molecule has 1 aromatic rings. The zero-order valence-electron chi connectivity index (χ0n) is 14.6. The van der Waals surface area contributed by atoms with Crippen LogP contribution in [0.4, 0.5) is 0 Å². The number of ether oxygens (including phenoxy) is 1. The van der Waals surface area contributed by atoms with Crippen molar-refractivity contribution in [1.29, 1.82) is 0 Å². The van der Waals surface area contributed by atoms with Crippen LogP contribution in [0.25, 0.3) is 0 Å². The van der Waals surface area contributed by atoms with Crippen molar-refractivity contribution in [2.24, 2.45) is 5.41 Å². The molecule has 1 aliphatic rings. The lowest BCUT2D eigenvalue weighted by Crippen LogP contribution is -2.71. The van der Waals surface area contributed by atoms with E-state index in [2.05, 4.69) is 4.98 Å². The standard InChI is InChI=1S/C15H26N2O6Si/c1-13(2,3)14(22)11(20)9(8-18)23-15(14,24(4)5)17-7-6-10(19)16-12(17)21/h6-7,9,11,18,20,22,24H,8H2,1-5H3,(H,16,19,21)/t9-,11-,14+,15+/m1/s1. The predicted octanol–water partition coefficient (Wildman–Crippen LogP) is -1.26. The summed E-state index contributed by atoms with van der Waals surface area (Å²) in [6.45, 7) is 8.47. The van der Waals surface area contributed by atoms with Crippen LogP contribution in [0.1, 0.15) is 20.8 Å². The highest BCUT2D eigenvalue weighted by atomic mass is 28.3. The van der Waals surface area contributed by atoms with Gasteiger partial charge in [-0.05, 0) is 5.41 Å². The van der Waals surface area contributed by atoms with Gasteiger partial charge in [-0.1, -0.05) is 33.9 Å². The quantitative estimate of drug-likeness (QED) is 0.500. The first-order valence-corrected chi connectivity index (χ1v) is 10.8. The van der Waals surface area contributed by atoms with Crippen LogP contribution in [0.3, 0.4) is 0 Å². The molecule has 0 bridgehead atoms. The minimum absolute atomic E-state index is 0.499. The highest BCUT2D eigenvalue weighted by molar-refractivity contribution is 6.58. The van der Waals surface area contributed by atoms with Gasteiger partial charge in [-0.2, -0.15) is 0 Å². The van der Waals surface area contributed by atoms with Crippen molar-refractivity contribution in [3.63, 3.8) is 0 Å². The monoisotopic (exact) mass is 358 g/mol. The maximum atomic E-state index is 12.4. The summed E-state index contributed by atoms with van der Waals surface area (Å²) in [5.74, 6) is 0. The van der Waals surface area contributed by atoms with Crippen molar-refractivity contribution in [3.05, 3.63) is 33.1 Å². The van der Waals surface area contributed by atoms with E-state index in [0.29, 0.717) is 0 Å². The van der Waals surface area contributed by atoms with E-state index in [1.807, 2.05) is 13.1 Å². The molecule has 24 heavy (non-hydrogen) atoms. The van der Waals surface area contributed by atoms with Crippen molar-refractivity contribution in [2.75, 3.05) is 6.61 Å². The number of aliphatic hydroxyl groups excluding tert-OH is 2. The Hall–Kier alpha value is -1.26. The van der Waals surface area contributed by atoms with Crippen LogP contribution in [-0.4, -0.2) is 58.1 Å². The Morgan fingerprint density at radius 1 is 1.38 bits per heavy atom. The third-order valence-electron chi connectivity index (χ3n) is 4.95. The lowest BCUT2D eigenvalue weighted by Gasteiger charge is -2.51. The van der Waals surface area contributed by atoms with Crippen LogP contribution in [0, 0.1) is 5.41 Å². The van der Waals surface area contributed by atoms with Crippen LogP contribution in [0.5, 0.6) is 0 Å². The van der Waals surface area contributed by atoms with E-state index in [9.17, 15) is 24.9 Å². The second-order valence-corrected chi connectivity index (χ2v) is 10.7. The SMILES string of the molecule is C[SiH](C)[C@@]1(n2ccc(=O)[nH]c2=O)O[C@H](CO)[C@@H](O)[C@]1(O)C(C)(C)C. The van der Waals surface area contributed by atoms with Gasteiger partial charge in [-0.15, -0.1) is 0 Å². The van der Waals surface area contributed by atoms with Gasteiger partial charge in [-0.3, -0.25) is 14.3 Å². The molecule has 8 nitrogen and oxygen atoms in total. The van der Waals surface area contributed by atoms with Crippen LogP contribution in [-0.2, 0) is 10.1 Å². The second-order valence-electron chi connectivity index (χ2n) is 7.63. The number of hydrogen-bond acceptors (Lipinski definition) is 6. The number of nitrogens with one attached hydrogen (secondary N) is 1. The van der Waals surface area contributed by atoms with E-state index in [1.54, 1.807) is 20.8 Å². The molecule has 0 spiro atoms. The zero-order chi connectivity index (χ0) is 18.5. The number of H-pyrrole nitrogens is 1. The van der Waals surface area contributed by atoms with E-state index in [1.165, 1.54) is 12.3 Å². The van der Waals surface area contributed by atoms with E-state index < -0.39 is 55.2 Å². The number of aliphatic hydroxyl groups is 3. The molecule has 4 atom stereocenters. The smallest absolute Gasteiger partial charge is 0.330 e. The predicted molar refractivity (Wildman–Crippen MR) is 90.5 cm³/mol. The fourth-order valence-electron chi connectivity index (χ4n) is 3.76. The molecule has 2 rings (SSSR count). The van der Waals surface area contributed by atoms with Crippen molar-refractivity contribution in [1.82, 2.24) is 9.55 Å². The largest absolute Gasteiger partial charge is 0.394 e. The summed E-state index contributed by atoms with van der Waals surface area (Å²) >= 11 is 0. The fourth-order valence-corrected chi connectivity index (χ4v) is 6.45. The zero-order valence-corrected chi connectivity index (χ0v) is 15.8. The number of nitrogens with zero attached hydrogens (tertiary/aromatic N) is 1. The number of hydrogen-bond donors (Lipinski definition) is 4. The molecule has 0 radical (unpaired) electrons. The molecule has 0 unspecified atom stereocenters. The first-order chi connectivity index (χ1) is 10.9. The van der Waals surface area contributed by atoms with Gasteiger partial charge in [0.1, 0.15) is 26.6 Å². The van der Waals surface area contributed by atoms with Crippen molar-refractivity contribution in [2.45, 2.75) is 57.0 Å². The minimum atomic E-state index is -2.05. The van der Waals surface area contributed by atoms with E-state index in [4.69, 9.17) is 4.74 Å². The van der Waals surface area contributed by atoms with E-state index >= 15 is 0 Å². The molecule has 1 aliphatic heterocycles. The fraction of sp³-hybridized carbons (Fsp3) is 0.733. The Balaban J connectivity index is 2.88. The molecular formula is C15H26N2O6Si. The van der Waals surface area contributed by atoms with Gasteiger partial charge in [0.05, 0.1) is 6.61 Å². The van der Waals surface area contributed by atoms with Gasteiger partial charge < -0.3 is 20.1 Å². The van der Waals surface area contributed by atoms with Gasteiger partial charge in [0.2, 0.25) is 0 Å². The Kier molecular flexibility index (Phi) is 4.70. The van der Waals surface area contributed by atoms with Crippen LogP contribution in [0.2, 0.25) is 13.1 Å². The number of aromatic nitrogens is 2. The summed E-state index contributed by atoms with van der Waals surface area (Å²) in [5.41, 5.74) is -4.00. The summed E-state index contributed by atoms with van der Waals surface area (Å²) < 4.78 is 7.14. The Bertz CT molecular complexity index is 724. The molecule has 2 heterocycles. The summed E-state index contributed by atoms with van der Waals surface area (Å²) in [7, 11) is -2.05. The highest BCUT2D eigenvalue weighted by Gasteiger charge is 2.71. The summed E-state index contributed by atoms with van der Waals surface area (Å²) in [6.07, 6.45) is -1.16. The molecule has 0 amide bonds. The lowest BCUT2D eigenvalue weighted by atomic mass is 9.71. The van der Waals surface area contributed by atoms with Gasteiger partial charge >= 0.3 is 5.69 Å². The minimum Gasteiger partial charge on any atom is -0.394 e. The summed E-state index contributed by atoms with van der Waals surface area (Å²) in [4.78, 5) is 26.0. The molecular weight excluding hydrogens is 332 g/mol. The molecule has 0 aromatic carbocycles. The molecule has 0 saturated carbocycles. The molecule has 1 saturated heterocycles. The number of aromatic amines is 1. The van der Waals surface area contributed by atoms with Crippen molar-refractivity contribution >= 4 is 8.80 Å². The van der Waals surface area contributed by atoms with Gasteiger partial charge in [0.15, 0.2) is 5.35 Å². The molecule has 0 aliphatic carbocycles. The third kappa shape index (κ3) is 2.34. The Morgan fingerprint density at radius 3 is 2.38 bits per heavy atom. The first-order valence-electron chi connectivity index (χ1n) is 7.95. The normalized spacial score (nSPS) is 34.0. The number of rotatable bonds is 3. The Labute approximate surface area is 141 Å². The summed E-state index contributed by atoms with van der Waals surface area (Å²) in [6, 6.07) is 1.17. The summed E-state index contributed by atoms with van der Waals surface area (Å²) in [5, 5.41) is 30.4. The van der Waals surface area contributed by atoms with Gasteiger partial charge in [0, 0.05) is 12.3 Å². The molecule has 9 heteroatoms. The average molecular weight is 358 g/mol. The second kappa shape index (κ2) is 5.92. The van der Waals surface area contributed by atoms with Gasteiger partial charge in [0.25, 0.3) is 5.56 Å². The van der Waals surface area contributed by atoms with Crippen LogP contribution in [0.15, 0.2) is 21.9 Å². The molecule has 136 valence electrons. The van der Waals surface area contributed by atoms with Gasteiger partial charge in [-0.25, -0.2) is 4.79 Å². The first kappa shape index (κ1) is 19.1. The molecule has 1 fully saturated rings. The van der Waals surface area contributed by atoms with Crippen molar-refractivity contribution < 1.29 is 20.1 Å². The third-order valence-corrected chi connectivity index (χ3v) is 7.36. The Morgan fingerprint density at radius 2 is 1.96 bits per heavy atom. The topological polar surface area (TPSA) is 125 Å². The van der Waals surface area contributed by atoms with Crippen molar-refractivity contribution in [3.8, 4) is 0 Å². The highest BCUT2D eigenvalue weighted by Crippen LogP contribution is 2.53. The molecule has 1 aromatic heterocycles.